The molecule has 1 fully saturated rings. The van der Waals surface area contributed by atoms with E-state index < -0.39 is 58.6 Å². The Labute approximate surface area is 282 Å². The number of carbonyl (C=O) groups excluding carboxylic acids is 2. The molecule has 1 aliphatic carbocycles. The van der Waals surface area contributed by atoms with Crippen LogP contribution in [-0.4, -0.2) is 51.9 Å². The van der Waals surface area contributed by atoms with Gasteiger partial charge in [0.05, 0.1) is 31.0 Å². The van der Waals surface area contributed by atoms with E-state index in [0.29, 0.717) is 34.8 Å². The quantitative estimate of drug-likeness (QED) is 0.166. The van der Waals surface area contributed by atoms with Gasteiger partial charge in [-0.3, -0.25) is 14.3 Å². The maximum absolute atomic E-state index is 15.4. The zero-order valence-electron chi connectivity index (χ0n) is 26.8. The first-order valence-electron chi connectivity index (χ1n) is 15.7. The van der Waals surface area contributed by atoms with Crippen molar-refractivity contribution in [1.82, 2.24) is 20.1 Å². The summed E-state index contributed by atoms with van der Waals surface area (Å²) in [5, 5.41) is 20.5. The fourth-order valence-electron chi connectivity index (χ4n) is 6.20. The molecule has 4 N–H and O–H groups in total. The number of halogens is 4. The van der Waals surface area contributed by atoms with Crippen LogP contribution in [-0.2, 0) is 15.8 Å². The predicted octanol–water partition coefficient (Wildman–Crippen LogP) is 5.46. The zero-order valence-corrected chi connectivity index (χ0v) is 26.8. The standard InChI is InChI=1S/C36H31F4N5O5/c1-35(34(41)47)17-50-31-24(35)13-28(43-30(31)22-12-23(32(39)40)26(38)14-25(22)37)36(48,20-6-4-3-5-7-20)16-42-33(46)18-10-19-15-45(21-8-9-21)44-29(19)27(11-18)49-2/h3-7,10-15,21,32,48H,8-9,16-17H2,1-2H3,(H2,41,47)(H,42,46)/t35-,36+/m0/s1. The first-order chi connectivity index (χ1) is 23.8. The summed E-state index contributed by atoms with van der Waals surface area (Å²) in [6, 6.07) is 13.9. The fourth-order valence-corrected chi connectivity index (χ4v) is 6.20. The third-order valence-corrected chi connectivity index (χ3v) is 9.37. The van der Waals surface area contributed by atoms with E-state index in [1.807, 2.05) is 10.9 Å². The van der Waals surface area contributed by atoms with Crippen molar-refractivity contribution in [3.8, 4) is 22.8 Å². The van der Waals surface area contributed by atoms with Crippen LogP contribution in [0.4, 0.5) is 17.6 Å². The molecule has 14 heteroatoms. The lowest BCUT2D eigenvalue weighted by atomic mass is 9.80. The van der Waals surface area contributed by atoms with Crippen LogP contribution in [0.25, 0.3) is 22.2 Å². The maximum atomic E-state index is 15.4. The SMILES string of the molecule is COc1cc(C(=O)NC[C@@](O)(c2ccccc2)c2cc3c(c(-c4cc(C(F)F)c(F)cc4F)n2)OC[C@]3(C)C(N)=O)cc2cn(C3CC3)nc12. The Hall–Kier alpha value is -5.50. The lowest BCUT2D eigenvalue weighted by molar-refractivity contribution is -0.123. The Morgan fingerprint density at radius 1 is 1.14 bits per heavy atom. The molecule has 0 unspecified atom stereocenters. The molecule has 5 aromatic rings. The molecule has 2 aliphatic rings. The van der Waals surface area contributed by atoms with E-state index in [0.717, 1.165) is 12.8 Å². The van der Waals surface area contributed by atoms with Crippen molar-refractivity contribution < 1.29 is 41.7 Å². The number of carbonyl (C=O) groups is 2. The third kappa shape index (κ3) is 5.49. The summed E-state index contributed by atoms with van der Waals surface area (Å²) in [5.74, 6) is -3.87. The second-order valence-electron chi connectivity index (χ2n) is 12.7. The van der Waals surface area contributed by atoms with Crippen LogP contribution in [0, 0.1) is 11.6 Å². The molecule has 2 amide bonds. The van der Waals surface area contributed by atoms with Crippen molar-refractivity contribution in [3.05, 3.63) is 106 Å². The van der Waals surface area contributed by atoms with Gasteiger partial charge in [0.2, 0.25) is 5.91 Å². The average Bonchev–Trinajstić information content (AvgIpc) is 3.77. The van der Waals surface area contributed by atoms with Gasteiger partial charge in [0.25, 0.3) is 12.3 Å². The minimum Gasteiger partial charge on any atom is -0.494 e. The lowest BCUT2D eigenvalue weighted by Gasteiger charge is -2.30. The number of nitrogens with two attached hydrogens (primary N) is 1. The van der Waals surface area contributed by atoms with E-state index in [-0.39, 0.29) is 40.4 Å². The molecule has 0 saturated heterocycles. The number of aliphatic hydroxyl groups is 1. The number of ether oxygens (including phenoxy) is 2. The molecular weight excluding hydrogens is 658 g/mol. The Morgan fingerprint density at radius 2 is 1.88 bits per heavy atom. The number of nitrogens with zero attached hydrogens (tertiary/aromatic N) is 3. The minimum absolute atomic E-state index is 0.0934. The van der Waals surface area contributed by atoms with E-state index >= 15 is 4.39 Å². The highest BCUT2D eigenvalue weighted by molar-refractivity contribution is 6.00. The number of nitrogens with one attached hydrogen (secondary N) is 1. The highest BCUT2D eigenvalue weighted by atomic mass is 19.3. The first-order valence-corrected chi connectivity index (χ1v) is 15.7. The molecule has 7 rings (SSSR count). The summed E-state index contributed by atoms with van der Waals surface area (Å²) < 4.78 is 70.4. The van der Waals surface area contributed by atoms with Gasteiger partial charge in [0.15, 0.2) is 0 Å². The third-order valence-electron chi connectivity index (χ3n) is 9.37. The highest BCUT2D eigenvalue weighted by Crippen LogP contribution is 2.47. The normalized spacial score (nSPS) is 18.1. The molecule has 1 saturated carbocycles. The summed E-state index contributed by atoms with van der Waals surface area (Å²) in [6.45, 7) is 0.673. The van der Waals surface area contributed by atoms with Crippen molar-refractivity contribution in [2.45, 2.75) is 43.2 Å². The zero-order chi connectivity index (χ0) is 35.5. The summed E-state index contributed by atoms with van der Waals surface area (Å²) >= 11 is 0. The van der Waals surface area contributed by atoms with E-state index in [1.54, 1.807) is 36.4 Å². The number of amides is 2. The van der Waals surface area contributed by atoms with Crippen LogP contribution in [0.1, 0.15) is 65.0 Å². The second kappa shape index (κ2) is 12.1. The van der Waals surface area contributed by atoms with Crippen LogP contribution in [0.15, 0.2) is 66.9 Å². The van der Waals surface area contributed by atoms with Crippen molar-refractivity contribution in [3.63, 3.8) is 0 Å². The average molecular weight is 690 g/mol. The van der Waals surface area contributed by atoms with Gasteiger partial charge in [-0.25, -0.2) is 22.5 Å². The van der Waals surface area contributed by atoms with Crippen LogP contribution in [0.5, 0.6) is 11.5 Å². The van der Waals surface area contributed by atoms with E-state index in [2.05, 4.69) is 15.4 Å². The number of alkyl halides is 2. The molecule has 2 aromatic heterocycles. The fraction of sp³-hybridized carbons (Fsp3) is 0.278. The van der Waals surface area contributed by atoms with Gasteiger partial charge in [-0.05, 0) is 49.6 Å². The predicted molar refractivity (Wildman–Crippen MR) is 173 cm³/mol. The maximum Gasteiger partial charge on any atom is 0.266 e. The largest absolute Gasteiger partial charge is 0.494 e. The molecule has 50 heavy (non-hydrogen) atoms. The van der Waals surface area contributed by atoms with E-state index in [9.17, 15) is 27.9 Å². The summed E-state index contributed by atoms with van der Waals surface area (Å²) in [5.41, 5.74) is 1.03. The molecule has 3 aromatic carbocycles. The Balaban J connectivity index is 1.35. The lowest BCUT2D eigenvalue weighted by Crippen LogP contribution is -2.43. The Bertz CT molecular complexity index is 2170. The van der Waals surface area contributed by atoms with Gasteiger partial charge in [-0.15, -0.1) is 0 Å². The molecule has 1 aliphatic heterocycles. The molecule has 0 radical (unpaired) electrons. The topological polar surface area (TPSA) is 142 Å². The number of rotatable bonds is 10. The first kappa shape index (κ1) is 33.0. The van der Waals surface area contributed by atoms with Crippen molar-refractivity contribution in [2.75, 3.05) is 20.3 Å². The van der Waals surface area contributed by atoms with Gasteiger partial charge in [0.1, 0.15) is 52.0 Å². The Morgan fingerprint density at radius 3 is 2.54 bits per heavy atom. The van der Waals surface area contributed by atoms with E-state index in [1.165, 1.54) is 26.2 Å². The number of aromatic nitrogens is 3. The monoisotopic (exact) mass is 689 g/mol. The van der Waals surface area contributed by atoms with Crippen LogP contribution < -0.4 is 20.5 Å². The van der Waals surface area contributed by atoms with Crippen molar-refractivity contribution in [1.29, 1.82) is 0 Å². The minimum atomic E-state index is -3.29. The molecule has 258 valence electrons. The van der Waals surface area contributed by atoms with Crippen LogP contribution >= 0.6 is 0 Å². The number of benzene rings is 3. The molecule has 10 nitrogen and oxygen atoms in total. The Kier molecular flexibility index (Phi) is 8.01. The number of methoxy groups -OCH3 is 1. The summed E-state index contributed by atoms with van der Waals surface area (Å²) in [6.07, 6.45) is 0.562. The number of fused-ring (bicyclic) bond motifs is 2. The summed E-state index contributed by atoms with van der Waals surface area (Å²) in [4.78, 5) is 31.0. The number of hydrogen-bond acceptors (Lipinski definition) is 7. The van der Waals surface area contributed by atoms with Gasteiger partial charge in [-0.2, -0.15) is 5.10 Å². The van der Waals surface area contributed by atoms with Crippen molar-refractivity contribution in [2.24, 2.45) is 5.73 Å². The van der Waals surface area contributed by atoms with Gasteiger partial charge < -0.3 is 25.6 Å². The molecular formula is C36H31F4N5O5. The highest BCUT2D eigenvalue weighted by Gasteiger charge is 2.46. The van der Waals surface area contributed by atoms with E-state index in [4.69, 9.17) is 15.2 Å². The molecule has 0 spiro atoms. The van der Waals surface area contributed by atoms with Crippen LogP contribution in [0.3, 0.4) is 0 Å². The van der Waals surface area contributed by atoms with Crippen molar-refractivity contribution >= 4 is 22.7 Å². The van der Waals surface area contributed by atoms with Gasteiger partial charge in [0, 0.05) is 34.3 Å². The van der Waals surface area contributed by atoms with Gasteiger partial charge in [-0.1, -0.05) is 30.3 Å². The molecule has 3 heterocycles. The van der Waals surface area contributed by atoms with Gasteiger partial charge >= 0.3 is 0 Å². The van der Waals surface area contributed by atoms with Crippen LogP contribution in [0.2, 0.25) is 0 Å². The number of hydrogen-bond donors (Lipinski definition) is 3. The molecule has 2 atom stereocenters. The smallest absolute Gasteiger partial charge is 0.266 e. The number of pyridine rings is 1. The summed E-state index contributed by atoms with van der Waals surface area (Å²) in [7, 11) is 1.47. The molecule has 0 bridgehead atoms. The second-order valence-corrected chi connectivity index (χ2v) is 12.7. The number of primary amides is 1.